The molecule has 0 amide bonds. The van der Waals surface area contributed by atoms with Crippen molar-refractivity contribution in [3.63, 3.8) is 0 Å². The van der Waals surface area contributed by atoms with Gasteiger partial charge in [0.1, 0.15) is 5.78 Å². The number of ether oxygens (including phenoxy) is 1. The van der Waals surface area contributed by atoms with E-state index in [4.69, 9.17) is 4.74 Å². The van der Waals surface area contributed by atoms with Crippen LogP contribution in [-0.4, -0.2) is 30.2 Å². The molecule has 0 aromatic carbocycles. The van der Waals surface area contributed by atoms with Gasteiger partial charge in [0, 0.05) is 23.9 Å². The van der Waals surface area contributed by atoms with Crippen molar-refractivity contribution >= 4 is 5.78 Å². The van der Waals surface area contributed by atoms with Crippen molar-refractivity contribution in [3.8, 4) is 0 Å². The molecule has 8 atom stereocenters. The highest BCUT2D eigenvalue weighted by Crippen LogP contribution is 2.68. The van der Waals surface area contributed by atoms with Gasteiger partial charge in [-0.3, -0.25) is 4.79 Å². The SMILES string of the molecule is C=C[C@]1(C)C[C@@H](O)[C@@]2(C)C3[C@H](OC)CC[C@@]3(CC[C@H]2C)[C@@H](C)C1=O. The Balaban J connectivity index is 2.21. The van der Waals surface area contributed by atoms with Gasteiger partial charge in [-0.15, -0.1) is 6.58 Å². The minimum Gasteiger partial charge on any atom is -0.392 e. The van der Waals surface area contributed by atoms with Gasteiger partial charge in [0.15, 0.2) is 0 Å². The lowest BCUT2D eigenvalue weighted by molar-refractivity contribution is -0.188. The summed E-state index contributed by atoms with van der Waals surface area (Å²) < 4.78 is 5.89. The number of Topliss-reactive ketones (excluding diaryl/α,β-unsaturated/α-hetero) is 1. The second-order valence-corrected chi connectivity index (χ2v) is 9.26. The van der Waals surface area contributed by atoms with Gasteiger partial charge in [0.2, 0.25) is 0 Å². The molecule has 0 heterocycles. The molecule has 3 saturated carbocycles. The third-order valence-electron chi connectivity index (χ3n) is 8.57. The largest absolute Gasteiger partial charge is 0.392 e. The summed E-state index contributed by atoms with van der Waals surface area (Å²) in [5, 5.41) is 11.3. The molecule has 0 aromatic heterocycles. The van der Waals surface area contributed by atoms with E-state index in [1.54, 1.807) is 13.2 Å². The first-order valence-corrected chi connectivity index (χ1v) is 9.56. The first-order chi connectivity index (χ1) is 11.2. The Labute approximate surface area is 146 Å². The van der Waals surface area contributed by atoms with Gasteiger partial charge in [-0.25, -0.2) is 0 Å². The highest BCUT2D eigenvalue weighted by molar-refractivity contribution is 5.89. The van der Waals surface area contributed by atoms with E-state index in [-0.39, 0.29) is 34.6 Å². The third-order valence-corrected chi connectivity index (χ3v) is 8.57. The summed E-state index contributed by atoms with van der Waals surface area (Å²) in [4.78, 5) is 13.4. The molecule has 0 radical (unpaired) electrons. The van der Waals surface area contributed by atoms with E-state index in [0.717, 1.165) is 25.7 Å². The second-order valence-electron chi connectivity index (χ2n) is 9.26. The number of carbonyl (C=O) groups is 1. The monoisotopic (exact) mass is 334 g/mol. The quantitative estimate of drug-likeness (QED) is 0.777. The van der Waals surface area contributed by atoms with Gasteiger partial charge in [0.25, 0.3) is 0 Å². The summed E-state index contributed by atoms with van der Waals surface area (Å²) in [5.74, 6) is 0.929. The molecular formula is C21H34O3. The Morgan fingerprint density at radius 1 is 1.25 bits per heavy atom. The minimum atomic E-state index is -0.639. The number of aliphatic hydroxyl groups is 1. The van der Waals surface area contributed by atoms with Gasteiger partial charge in [-0.05, 0) is 56.3 Å². The fourth-order valence-electron chi connectivity index (χ4n) is 6.66. The number of ketones is 1. The average molecular weight is 334 g/mol. The number of carbonyl (C=O) groups excluding carboxylic acids is 1. The average Bonchev–Trinajstić information content (AvgIpc) is 2.96. The number of allylic oxidation sites excluding steroid dienone is 1. The molecule has 0 spiro atoms. The minimum absolute atomic E-state index is 0.00928. The summed E-state index contributed by atoms with van der Waals surface area (Å²) in [7, 11) is 1.79. The van der Waals surface area contributed by atoms with Gasteiger partial charge < -0.3 is 9.84 Å². The van der Waals surface area contributed by atoms with Crippen LogP contribution in [0.2, 0.25) is 0 Å². The summed E-state index contributed by atoms with van der Waals surface area (Å²) in [5.41, 5.74) is -0.889. The van der Waals surface area contributed by atoms with Crippen LogP contribution in [-0.2, 0) is 9.53 Å². The van der Waals surface area contributed by atoms with Crippen LogP contribution < -0.4 is 0 Å². The zero-order valence-corrected chi connectivity index (χ0v) is 16.0. The van der Waals surface area contributed by atoms with Crippen LogP contribution in [0.5, 0.6) is 0 Å². The molecule has 3 aliphatic rings. The number of rotatable bonds is 2. The van der Waals surface area contributed by atoms with Crippen LogP contribution in [0.3, 0.4) is 0 Å². The van der Waals surface area contributed by atoms with Crippen LogP contribution in [0.25, 0.3) is 0 Å². The Hall–Kier alpha value is -0.670. The lowest BCUT2D eigenvalue weighted by Crippen LogP contribution is -2.62. The maximum atomic E-state index is 13.4. The third kappa shape index (κ3) is 2.07. The fourth-order valence-corrected chi connectivity index (χ4v) is 6.66. The van der Waals surface area contributed by atoms with Gasteiger partial charge in [-0.1, -0.05) is 26.8 Å². The number of aliphatic hydroxyl groups excluding tert-OH is 1. The van der Waals surface area contributed by atoms with Gasteiger partial charge in [0.05, 0.1) is 12.2 Å². The topological polar surface area (TPSA) is 46.5 Å². The first-order valence-electron chi connectivity index (χ1n) is 9.56. The van der Waals surface area contributed by atoms with E-state index >= 15 is 0 Å². The van der Waals surface area contributed by atoms with E-state index < -0.39 is 11.5 Å². The number of methoxy groups -OCH3 is 1. The Bertz CT molecular complexity index is 543. The van der Waals surface area contributed by atoms with Gasteiger partial charge >= 0.3 is 0 Å². The lowest BCUT2D eigenvalue weighted by Gasteiger charge is -2.61. The van der Waals surface area contributed by atoms with Crippen molar-refractivity contribution in [1.29, 1.82) is 0 Å². The van der Waals surface area contributed by atoms with Crippen LogP contribution in [0, 0.1) is 34.0 Å². The molecule has 0 saturated heterocycles. The van der Waals surface area contributed by atoms with E-state index in [2.05, 4.69) is 27.4 Å². The molecule has 3 rings (SSSR count). The summed E-state index contributed by atoms with van der Waals surface area (Å²) >= 11 is 0. The number of hydrogen-bond donors (Lipinski definition) is 1. The molecule has 3 heteroatoms. The number of hydrogen-bond acceptors (Lipinski definition) is 3. The molecule has 2 bridgehead atoms. The van der Waals surface area contributed by atoms with E-state index in [9.17, 15) is 9.90 Å². The van der Waals surface area contributed by atoms with Gasteiger partial charge in [-0.2, -0.15) is 0 Å². The van der Waals surface area contributed by atoms with E-state index in [1.165, 1.54) is 0 Å². The molecule has 3 fully saturated rings. The summed E-state index contributed by atoms with van der Waals surface area (Å²) in [6, 6.07) is 0. The highest BCUT2D eigenvalue weighted by Gasteiger charge is 2.67. The van der Waals surface area contributed by atoms with Crippen LogP contribution >= 0.6 is 0 Å². The predicted octanol–water partition coefficient (Wildman–Crippen LogP) is 4.00. The zero-order valence-electron chi connectivity index (χ0n) is 16.0. The van der Waals surface area contributed by atoms with Crippen molar-refractivity contribution in [2.45, 2.75) is 72.0 Å². The second kappa shape index (κ2) is 5.67. The molecule has 1 unspecified atom stereocenters. The first kappa shape index (κ1) is 18.1. The van der Waals surface area contributed by atoms with Crippen LogP contribution in [0.1, 0.15) is 59.8 Å². The molecule has 3 aliphatic carbocycles. The fraction of sp³-hybridized carbons (Fsp3) is 0.857. The molecular weight excluding hydrogens is 300 g/mol. The van der Waals surface area contributed by atoms with Crippen molar-refractivity contribution in [2.24, 2.45) is 34.0 Å². The molecule has 0 aliphatic heterocycles. The Kier molecular flexibility index (Phi) is 4.28. The normalized spacial score (nSPS) is 54.8. The Morgan fingerprint density at radius 2 is 1.88 bits per heavy atom. The zero-order chi connectivity index (χ0) is 17.9. The van der Waals surface area contributed by atoms with E-state index in [0.29, 0.717) is 12.3 Å². The van der Waals surface area contributed by atoms with E-state index in [1.807, 2.05) is 6.92 Å². The van der Waals surface area contributed by atoms with Crippen LogP contribution in [0.4, 0.5) is 0 Å². The van der Waals surface area contributed by atoms with Crippen molar-refractivity contribution in [3.05, 3.63) is 12.7 Å². The Morgan fingerprint density at radius 3 is 2.46 bits per heavy atom. The standard InChI is InChI=1S/C21H34O3/c1-7-19(4)12-16(22)20(5)13(2)8-10-21(14(3)18(19)23)11-9-15(24-6)17(20)21/h7,13-17,22H,1,8-12H2,2-6H3/t13-,14+,15-,16-,17?,19-,20+,21+/m1/s1. The maximum absolute atomic E-state index is 13.4. The summed E-state index contributed by atoms with van der Waals surface area (Å²) in [6.45, 7) is 12.6. The van der Waals surface area contributed by atoms with Crippen LogP contribution in [0.15, 0.2) is 12.7 Å². The lowest BCUT2D eigenvalue weighted by atomic mass is 9.44. The summed E-state index contributed by atoms with van der Waals surface area (Å²) in [6.07, 6.45) is 6.08. The van der Waals surface area contributed by atoms with Crippen molar-refractivity contribution in [1.82, 2.24) is 0 Å². The molecule has 24 heavy (non-hydrogen) atoms. The molecule has 1 N–H and O–H groups in total. The maximum Gasteiger partial charge on any atom is 0.145 e. The van der Waals surface area contributed by atoms with Crippen molar-refractivity contribution in [2.75, 3.05) is 7.11 Å². The molecule has 3 nitrogen and oxygen atoms in total. The molecule has 0 aromatic rings. The smallest absolute Gasteiger partial charge is 0.145 e. The van der Waals surface area contributed by atoms with Crippen molar-refractivity contribution < 1.29 is 14.6 Å². The predicted molar refractivity (Wildman–Crippen MR) is 95.6 cm³/mol. The molecule has 136 valence electrons. The highest BCUT2D eigenvalue weighted by atomic mass is 16.5.